The van der Waals surface area contributed by atoms with E-state index in [4.69, 9.17) is 0 Å². The van der Waals surface area contributed by atoms with Crippen molar-refractivity contribution >= 4 is 29.1 Å². The van der Waals surface area contributed by atoms with Crippen LogP contribution >= 0.6 is 12.4 Å². The zero-order valence-electron chi connectivity index (χ0n) is 12.9. The minimum Gasteiger partial charge on any atom is -0.348 e. The van der Waals surface area contributed by atoms with E-state index >= 15 is 0 Å². The second-order valence-corrected chi connectivity index (χ2v) is 7.15. The molecular formula is C16H25ClN2O2S. The number of halogens is 1. The first kappa shape index (κ1) is 19.1. The van der Waals surface area contributed by atoms with Crippen molar-refractivity contribution in [3.63, 3.8) is 0 Å². The molecule has 124 valence electrons. The Labute approximate surface area is 141 Å². The van der Waals surface area contributed by atoms with Crippen LogP contribution in [0, 0.1) is 5.92 Å². The SMILES string of the molecule is CS(=O)CC(NC(=O)CCC1CCNC1)c1ccccc1.Cl. The van der Waals surface area contributed by atoms with Crippen LogP contribution in [-0.4, -0.2) is 35.2 Å². The third kappa shape index (κ3) is 6.46. The molecule has 0 aliphatic carbocycles. The highest BCUT2D eigenvalue weighted by atomic mass is 35.5. The number of amides is 1. The Balaban J connectivity index is 0.00000242. The normalized spacial score (nSPS) is 20.0. The molecule has 1 aliphatic rings. The van der Waals surface area contributed by atoms with Crippen molar-refractivity contribution in [2.75, 3.05) is 25.1 Å². The van der Waals surface area contributed by atoms with E-state index in [1.54, 1.807) is 6.26 Å². The summed E-state index contributed by atoms with van der Waals surface area (Å²) < 4.78 is 11.5. The smallest absolute Gasteiger partial charge is 0.220 e. The fraction of sp³-hybridized carbons (Fsp3) is 0.562. The fourth-order valence-electron chi connectivity index (χ4n) is 2.70. The summed E-state index contributed by atoms with van der Waals surface area (Å²) in [4.78, 5) is 12.1. The molecule has 0 bridgehead atoms. The number of benzene rings is 1. The molecule has 1 aromatic carbocycles. The summed E-state index contributed by atoms with van der Waals surface area (Å²) in [5.74, 6) is 1.13. The molecule has 3 unspecified atom stereocenters. The lowest BCUT2D eigenvalue weighted by atomic mass is 10.0. The van der Waals surface area contributed by atoms with Gasteiger partial charge in [-0.15, -0.1) is 12.4 Å². The molecule has 0 aromatic heterocycles. The van der Waals surface area contributed by atoms with E-state index in [1.807, 2.05) is 30.3 Å². The summed E-state index contributed by atoms with van der Waals surface area (Å²) in [6.07, 6.45) is 4.31. The Morgan fingerprint density at radius 1 is 1.41 bits per heavy atom. The maximum atomic E-state index is 12.1. The summed E-state index contributed by atoms with van der Waals surface area (Å²) in [5.41, 5.74) is 1.02. The van der Waals surface area contributed by atoms with Crippen molar-refractivity contribution in [1.29, 1.82) is 0 Å². The Hall–Kier alpha value is -0.910. The maximum Gasteiger partial charge on any atom is 0.220 e. The number of hydrogen-bond acceptors (Lipinski definition) is 3. The second kappa shape index (κ2) is 9.98. The molecule has 1 amide bonds. The standard InChI is InChI=1S/C16H24N2O2S.ClH/c1-21(20)12-15(14-5-3-2-4-6-14)18-16(19)8-7-13-9-10-17-11-13;/h2-6,13,15,17H,7-12H2,1H3,(H,18,19);1H. The average molecular weight is 345 g/mol. The molecule has 6 heteroatoms. The van der Waals surface area contributed by atoms with Crippen molar-refractivity contribution in [2.24, 2.45) is 5.92 Å². The highest BCUT2D eigenvalue weighted by Gasteiger charge is 2.19. The van der Waals surface area contributed by atoms with Gasteiger partial charge in [-0.3, -0.25) is 9.00 Å². The van der Waals surface area contributed by atoms with Crippen molar-refractivity contribution < 1.29 is 9.00 Å². The molecule has 0 saturated carbocycles. The number of rotatable bonds is 7. The van der Waals surface area contributed by atoms with Crippen LogP contribution in [0.25, 0.3) is 0 Å². The first-order valence-corrected chi connectivity index (χ1v) is 9.23. The minimum absolute atomic E-state index is 0. The van der Waals surface area contributed by atoms with Crippen LogP contribution < -0.4 is 10.6 Å². The van der Waals surface area contributed by atoms with Crippen LogP contribution in [0.2, 0.25) is 0 Å². The average Bonchev–Trinajstić information content (AvgIpc) is 2.98. The van der Waals surface area contributed by atoms with E-state index in [1.165, 1.54) is 0 Å². The third-order valence-electron chi connectivity index (χ3n) is 3.88. The predicted molar refractivity (Wildman–Crippen MR) is 93.7 cm³/mol. The van der Waals surface area contributed by atoms with Gasteiger partial charge in [0, 0.05) is 29.2 Å². The van der Waals surface area contributed by atoms with E-state index in [9.17, 15) is 9.00 Å². The topological polar surface area (TPSA) is 58.2 Å². The quantitative estimate of drug-likeness (QED) is 0.795. The Bertz CT molecular complexity index is 478. The lowest BCUT2D eigenvalue weighted by Gasteiger charge is -2.18. The van der Waals surface area contributed by atoms with Crippen LogP contribution in [-0.2, 0) is 15.6 Å². The zero-order chi connectivity index (χ0) is 15.1. The van der Waals surface area contributed by atoms with Crippen molar-refractivity contribution in [2.45, 2.75) is 25.3 Å². The summed E-state index contributed by atoms with van der Waals surface area (Å²) in [7, 11) is -0.943. The van der Waals surface area contributed by atoms with E-state index in [-0.39, 0.29) is 24.4 Å². The lowest BCUT2D eigenvalue weighted by Crippen LogP contribution is -2.32. The molecule has 3 atom stereocenters. The molecule has 0 spiro atoms. The van der Waals surface area contributed by atoms with Gasteiger partial charge >= 0.3 is 0 Å². The Kier molecular flexibility index (Phi) is 8.68. The summed E-state index contributed by atoms with van der Waals surface area (Å²) in [5, 5.41) is 6.35. The molecular weight excluding hydrogens is 320 g/mol. The molecule has 1 saturated heterocycles. The molecule has 0 radical (unpaired) electrons. The number of carbonyl (C=O) groups excluding carboxylic acids is 1. The van der Waals surface area contributed by atoms with Crippen LogP contribution in [0.4, 0.5) is 0 Å². The maximum absolute atomic E-state index is 12.1. The first-order valence-electron chi connectivity index (χ1n) is 7.50. The van der Waals surface area contributed by atoms with Gasteiger partial charge in [0.05, 0.1) is 6.04 Å². The monoisotopic (exact) mass is 344 g/mol. The van der Waals surface area contributed by atoms with Crippen LogP contribution in [0.5, 0.6) is 0 Å². The van der Waals surface area contributed by atoms with Gasteiger partial charge in [0.25, 0.3) is 0 Å². The Morgan fingerprint density at radius 2 is 2.14 bits per heavy atom. The van der Waals surface area contributed by atoms with Gasteiger partial charge in [0.2, 0.25) is 5.91 Å². The second-order valence-electron chi connectivity index (χ2n) is 5.67. The van der Waals surface area contributed by atoms with Crippen LogP contribution in [0.1, 0.15) is 30.9 Å². The first-order chi connectivity index (χ1) is 10.1. The molecule has 2 N–H and O–H groups in total. The molecule has 4 nitrogen and oxygen atoms in total. The third-order valence-corrected chi connectivity index (χ3v) is 4.68. The van der Waals surface area contributed by atoms with Gasteiger partial charge in [-0.25, -0.2) is 0 Å². The molecule has 1 aliphatic heterocycles. The van der Waals surface area contributed by atoms with Gasteiger partial charge in [-0.05, 0) is 37.4 Å². The van der Waals surface area contributed by atoms with E-state index in [0.29, 0.717) is 18.1 Å². The summed E-state index contributed by atoms with van der Waals surface area (Å²) in [6.45, 7) is 2.09. The van der Waals surface area contributed by atoms with E-state index < -0.39 is 10.8 Å². The molecule has 2 rings (SSSR count). The van der Waals surface area contributed by atoms with Crippen molar-refractivity contribution in [1.82, 2.24) is 10.6 Å². The summed E-state index contributed by atoms with van der Waals surface area (Å²) >= 11 is 0. The fourth-order valence-corrected chi connectivity index (χ4v) is 3.45. The van der Waals surface area contributed by atoms with Crippen molar-refractivity contribution in [3.8, 4) is 0 Å². The van der Waals surface area contributed by atoms with Crippen LogP contribution in [0.3, 0.4) is 0 Å². The molecule has 1 aromatic rings. The highest BCUT2D eigenvalue weighted by Crippen LogP contribution is 2.17. The van der Waals surface area contributed by atoms with E-state index in [2.05, 4.69) is 10.6 Å². The van der Waals surface area contributed by atoms with Gasteiger partial charge in [0.15, 0.2) is 0 Å². The largest absolute Gasteiger partial charge is 0.348 e. The van der Waals surface area contributed by atoms with E-state index in [0.717, 1.165) is 31.5 Å². The van der Waals surface area contributed by atoms with Gasteiger partial charge < -0.3 is 10.6 Å². The lowest BCUT2D eigenvalue weighted by molar-refractivity contribution is -0.122. The number of carbonyl (C=O) groups is 1. The van der Waals surface area contributed by atoms with Gasteiger partial charge in [-0.2, -0.15) is 0 Å². The Morgan fingerprint density at radius 3 is 2.73 bits per heavy atom. The molecule has 1 heterocycles. The zero-order valence-corrected chi connectivity index (χ0v) is 14.6. The van der Waals surface area contributed by atoms with Crippen LogP contribution in [0.15, 0.2) is 30.3 Å². The van der Waals surface area contributed by atoms with Crippen molar-refractivity contribution in [3.05, 3.63) is 35.9 Å². The number of nitrogens with one attached hydrogen (secondary N) is 2. The minimum atomic E-state index is -0.943. The predicted octanol–water partition coefficient (Wildman–Crippen LogP) is 2.03. The van der Waals surface area contributed by atoms with Gasteiger partial charge in [-0.1, -0.05) is 30.3 Å². The number of hydrogen-bond donors (Lipinski definition) is 2. The molecule has 1 fully saturated rings. The summed E-state index contributed by atoms with van der Waals surface area (Å²) in [6, 6.07) is 9.61. The highest BCUT2D eigenvalue weighted by molar-refractivity contribution is 7.84. The molecule has 22 heavy (non-hydrogen) atoms. The van der Waals surface area contributed by atoms with Gasteiger partial charge in [0.1, 0.15) is 0 Å².